The first kappa shape index (κ1) is 15.9. The molecule has 0 saturated carbocycles. The van der Waals surface area contributed by atoms with Crippen molar-refractivity contribution in [2.24, 2.45) is 0 Å². The van der Waals surface area contributed by atoms with E-state index in [2.05, 4.69) is 19.8 Å². The summed E-state index contributed by atoms with van der Waals surface area (Å²) in [5, 5.41) is 0.900. The Bertz CT molecular complexity index is 822. The molecule has 6 heteroatoms. The summed E-state index contributed by atoms with van der Waals surface area (Å²) in [6, 6.07) is 21.4. The lowest BCUT2D eigenvalue weighted by Crippen LogP contribution is -2.47. The Hall–Kier alpha value is -2.65. The van der Waals surface area contributed by atoms with Gasteiger partial charge in [0.05, 0.1) is 19.2 Å². The molecule has 1 aromatic carbocycles. The number of rotatable bonds is 3. The van der Waals surface area contributed by atoms with Gasteiger partial charge in [0.25, 0.3) is 0 Å². The first-order valence-corrected chi connectivity index (χ1v) is 10.3. The lowest BCUT2D eigenvalue weighted by Gasteiger charge is -2.41. The summed E-state index contributed by atoms with van der Waals surface area (Å²) in [5.74, 6) is 1.67. The molecule has 25 heavy (non-hydrogen) atoms. The summed E-state index contributed by atoms with van der Waals surface area (Å²) < 4.78 is 13.9. The summed E-state index contributed by atoms with van der Waals surface area (Å²) >= 11 is 0. The fraction of sp³-hybridized carbons (Fsp3) is 0.158. The van der Waals surface area contributed by atoms with Gasteiger partial charge < -0.3 is 14.4 Å². The van der Waals surface area contributed by atoms with E-state index in [9.17, 15) is 4.57 Å². The standard InChI is InChI=1S/C19H19N4OP/c24-25(17-8-2-1-3-9-17)15-22(18-10-4-6-12-20-18)14-23(16-25)19-11-5-7-13-21-19/h1-13H,14-16H2. The molecule has 0 unspecified atom stereocenters. The summed E-state index contributed by atoms with van der Waals surface area (Å²) in [6.45, 7) is 0.616. The summed E-state index contributed by atoms with van der Waals surface area (Å²) in [6.07, 6.45) is 4.50. The van der Waals surface area contributed by atoms with Gasteiger partial charge in [-0.25, -0.2) is 9.97 Å². The molecule has 5 nitrogen and oxygen atoms in total. The van der Waals surface area contributed by atoms with Crippen LogP contribution in [-0.2, 0) is 4.57 Å². The largest absolute Gasteiger partial charge is 0.331 e. The van der Waals surface area contributed by atoms with E-state index < -0.39 is 7.14 Å². The highest BCUT2D eigenvalue weighted by atomic mass is 31.2. The van der Waals surface area contributed by atoms with Crippen LogP contribution < -0.4 is 15.1 Å². The summed E-state index contributed by atoms with van der Waals surface area (Å²) in [4.78, 5) is 13.0. The second-order valence-corrected chi connectivity index (χ2v) is 8.97. The van der Waals surface area contributed by atoms with Crippen LogP contribution in [0.1, 0.15) is 0 Å². The highest BCUT2D eigenvalue weighted by Gasteiger charge is 2.36. The van der Waals surface area contributed by atoms with Crippen LogP contribution in [0.2, 0.25) is 0 Å². The van der Waals surface area contributed by atoms with Crippen molar-refractivity contribution in [3.05, 3.63) is 79.1 Å². The van der Waals surface area contributed by atoms with Crippen LogP contribution in [0.3, 0.4) is 0 Å². The number of aromatic nitrogens is 2. The average Bonchev–Trinajstić information content (AvgIpc) is 2.70. The highest BCUT2D eigenvalue weighted by molar-refractivity contribution is 7.71. The molecule has 0 bridgehead atoms. The van der Waals surface area contributed by atoms with E-state index in [1.165, 1.54) is 0 Å². The van der Waals surface area contributed by atoms with Gasteiger partial charge in [-0.15, -0.1) is 0 Å². The van der Waals surface area contributed by atoms with Crippen molar-refractivity contribution in [2.75, 3.05) is 29.0 Å². The van der Waals surface area contributed by atoms with Crippen LogP contribution in [0.4, 0.5) is 11.6 Å². The van der Waals surface area contributed by atoms with Gasteiger partial charge in [-0.1, -0.05) is 42.5 Å². The quantitative estimate of drug-likeness (QED) is 0.678. The van der Waals surface area contributed by atoms with Crippen LogP contribution in [0, 0.1) is 0 Å². The predicted molar refractivity (Wildman–Crippen MR) is 102 cm³/mol. The molecule has 0 aliphatic carbocycles. The third kappa shape index (κ3) is 3.28. The van der Waals surface area contributed by atoms with Crippen LogP contribution in [0.25, 0.3) is 0 Å². The molecule has 1 aliphatic rings. The van der Waals surface area contributed by atoms with Gasteiger partial charge in [-0.2, -0.15) is 0 Å². The molecule has 3 aromatic rings. The molecule has 0 radical (unpaired) electrons. The Balaban J connectivity index is 1.74. The zero-order valence-electron chi connectivity index (χ0n) is 13.8. The van der Waals surface area contributed by atoms with Crippen molar-refractivity contribution < 1.29 is 4.57 Å². The molecule has 3 heterocycles. The van der Waals surface area contributed by atoms with Crippen molar-refractivity contribution in [1.82, 2.24) is 9.97 Å². The Kier molecular flexibility index (Phi) is 4.24. The molecule has 0 spiro atoms. The zero-order valence-corrected chi connectivity index (χ0v) is 14.7. The van der Waals surface area contributed by atoms with Gasteiger partial charge in [-0.05, 0) is 24.3 Å². The predicted octanol–water partition coefficient (Wildman–Crippen LogP) is 3.36. The molecule has 1 aliphatic heterocycles. The number of hydrogen-bond acceptors (Lipinski definition) is 5. The molecular formula is C19H19N4OP. The minimum atomic E-state index is -2.64. The summed E-state index contributed by atoms with van der Waals surface area (Å²) in [5.41, 5.74) is 0. The van der Waals surface area contributed by atoms with E-state index in [1.54, 1.807) is 12.4 Å². The molecule has 126 valence electrons. The molecule has 0 atom stereocenters. The maximum Gasteiger partial charge on any atom is 0.152 e. The normalized spacial score (nSPS) is 16.6. The van der Waals surface area contributed by atoms with Crippen molar-refractivity contribution in [3.8, 4) is 0 Å². The first-order valence-electron chi connectivity index (χ1n) is 8.20. The monoisotopic (exact) mass is 350 g/mol. The number of nitrogens with zero attached hydrogens (tertiary/aromatic N) is 4. The highest BCUT2D eigenvalue weighted by Crippen LogP contribution is 2.49. The third-order valence-corrected chi connectivity index (χ3v) is 7.15. The molecule has 1 saturated heterocycles. The van der Waals surface area contributed by atoms with Crippen molar-refractivity contribution in [2.45, 2.75) is 0 Å². The minimum Gasteiger partial charge on any atom is -0.331 e. The van der Waals surface area contributed by atoms with Gasteiger partial charge in [0.15, 0.2) is 7.14 Å². The molecule has 4 rings (SSSR count). The fourth-order valence-electron chi connectivity index (χ4n) is 3.13. The lowest BCUT2D eigenvalue weighted by atomic mass is 10.4. The minimum absolute atomic E-state index is 0.483. The Labute approximate surface area is 147 Å². The van der Waals surface area contributed by atoms with Crippen molar-refractivity contribution in [1.29, 1.82) is 0 Å². The third-order valence-electron chi connectivity index (χ3n) is 4.31. The van der Waals surface area contributed by atoms with Crippen molar-refractivity contribution >= 4 is 24.1 Å². The second kappa shape index (κ2) is 6.69. The molecule has 0 amide bonds. The van der Waals surface area contributed by atoms with E-state index in [-0.39, 0.29) is 0 Å². The van der Waals surface area contributed by atoms with Crippen LogP contribution in [0.15, 0.2) is 79.1 Å². The number of hydrogen-bond donors (Lipinski definition) is 0. The molecule has 0 N–H and O–H groups in total. The van der Waals surface area contributed by atoms with Gasteiger partial charge >= 0.3 is 0 Å². The van der Waals surface area contributed by atoms with Crippen LogP contribution in [0.5, 0.6) is 0 Å². The number of benzene rings is 1. The summed E-state index contributed by atoms with van der Waals surface area (Å²) in [7, 11) is -2.64. The topological polar surface area (TPSA) is 49.3 Å². The maximum atomic E-state index is 13.9. The van der Waals surface area contributed by atoms with Gasteiger partial charge in [-0.3, -0.25) is 0 Å². The van der Waals surface area contributed by atoms with Crippen LogP contribution in [-0.4, -0.2) is 29.2 Å². The average molecular weight is 350 g/mol. The van der Waals surface area contributed by atoms with E-state index in [4.69, 9.17) is 0 Å². The van der Waals surface area contributed by atoms with Gasteiger partial charge in [0.1, 0.15) is 11.6 Å². The van der Waals surface area contributed by atoms with Crippen LogP contribution >= 0.6 is 7.14 Å². The van der Waals surface area contributed by atoms with E-state index in [0.29, 0.717) is 19.2 Å². The van der Waals surface area contributed by atoms with E-state index in [0.717, 1.165) is 16.9 Å². The second-order valence-electron chi connectivity index (χ2n) is 6.10. The number of anilines is 2. The smallest absolute Gasteiger partial charge is 0.152 e. The SMILES string of the molecule is O=P1(c2ccccc2)CN(c2ccccn2)CN(c2ccccn2)C1. The molecular weight excluding hydrogens is 331 g/mol. The van der Waals surface area contributed by atoms with Crippen molar-refractivity contribution in [3.63, 3.8) is 0 Å². The van der Waals surface area contributed by atoms with E-state index in [1.807, 2.05) is 66.7 Å². The molecule has 1 fully saturated rings. The maximum absolute atomic E-state index is 13.9. The Morgan fingerprint density at radius 3 is 1.72 bits per heavy atom. The Morgan fingerprint density at radius 1 is 0.720 bits per heavy atom. The van der Waals surface area contributed by atoms with E-state index >= 15 is 0 Å². The van der Waals surface area contributed by atoms with Gasteiger partial charge in [0.2, 0.25) is 0 Å². The Morgan fingerprint density at radius 2 is 1.24 bits per heavy atom. The zero-order chi connectivity index (χ0) is 17.1. The van der Waals surface area contributed by atoms with Gasteiger partial charge in [0, 0.05) is 17.7 Å². The fourth-order valence-corrected chi connectivity index (χ4v) is 5.83. The number of pyridine rings is 2. The lowest BCUT2D eigenvalue weighted by molar-refractivity contribution is 0.570. The molecule has 2 aromatic heterocycles. The first-order chi connectivity index (χ1) is 12.2.